The minimum Gasteiger partial charge on any atom is -0.428 e. The summed E-state index contributed by atoms with van der Waals surface area (Å²) < 4.78 is 11.5. The van der Waals surface area contributed by atoms with Gasteiger partial charge in [0.15, 0.2) is 5.15 Å². The lowest BCUT2D eigenvalue weighted by atomic mass is 9.98. The number of aromatic nitrogens is 6. The zero-order chi connectivity index (χ0) is 26.9. The topological polar surface area (TPSA) is 160 Å². The molecule has 0 fully saturated rings. The molecule has 0 spiro atoms. The van der Waals surface area contributed by atoms with Crippen LogP contribution in [0.5, 0.6) is 0 Å². The number of benzene rings is 2. The molecule has 0 bridgehead atoms. The molecule has 0 saturated heterocycles. The molecule has 0 saturated carbocycles. The second kappa shape index (κ2) is 12.6. The Morgan fingerprint density at radius 2 is 1.89 bits per heavy atom. The van der Waals surface area contributed by atoms with Crippen LogP contribution in [0.3, 0.4) is 0 Å². The van der Waals surface area contributed by atoms with Gasteiger partial charge in [-0.2, -0.15) is 5.21 Å². The number of tetrazole rings is 1. The molecule has 1 N–H and O–H groups in total. The van der Waals surface area contributed by atoms with E-state index in [9.17, 15) is 14.9 Å². The van der Waals surface area contributed by atoms with Crippen LogP contribution >= 0.6 is 11.6 Å². The Hall–Kier alpha value is -4.52. The predicted molar refractivity (Wildman–Crippen MR) is 134 cm³/mol. The van der Waals surface area contributed by atoms with Gasteiger partial charge < -0.3 is 14.0 Å². The Morgan fingerprint density at radius 3 is 2.58 bits per heavy atom. The van der Waals surface area contributed by atoms with E-state index < -0.39 is 18.0 Å². The second-order valence-electron chi connectivity index (χ2n) is 8.09. The third-order valence-electron chi connectivity index (χ3n) is 5.64. The molecule has 2 heterocycles. The molecule has 0 aliphatic heterocycles. The summed E-state index contributed by atoms with van der Waals surface area (Å²) in [5.41, 5.74) is 4.25. The standard InChI is InChI=1S/C24H24ClN7O6/c1-2-3-8-21-26-22(25)20(14-36-24(33)37-15-38-32(34)35)31(21)13-16-9-11-17(12-10-16)18-6-4-5-7-19(18)23-27-29-30-28-23/h4-7,9-12H,2-3,8,13-15H2,1H3,(H,27,28,29,30). The minimum absolute atomic E-state index is 0.205. The molecular weight excluding hydrogens is 518 g/mol. The summed E-state index contributed by atoms with van der Waals surface area (Å²) >= 11 is 6.40. The van der Waals surface area contributed by atoms with Crippen molar-refractivity contribution < 1.29 is 24.2 Å². The maximum atomic E-state index is 11.8. The molecule has 0 aliphatic carbocycles. The molecule has 2 aromatic heterocycles. The van der Waals surface area contributed by atoms with Crippen LogP contribution in [-0.2, 0) is 33.9 Å². The van der Waals surface area contributed by atoms with Crippen LogP contribution in [-0.4, -0.2) is 48.2 Å². The van der Waals surface area contributed by atoms with Crippen LogP contribution in [0.2, 0.25) is 5.15 Å². The Morgan fingerprint density at radius 1 is 1.13 bits per heavy atom. The number of nitrogens with one attached hydrogen (secondary N) is 1. The maximum absolute atomic E-state index is 11.8. The lowest BCUT2D eigenvalue weighted by Crippen LogP contribution is -2.15. The molecule has 4 rings (SSSR count). The highest BCUT2D eigenvalue weighted by atomic mass is 35.5. The number of rotatable bonds is 12. The number of aryl methyl sites for hydroxylation is 1. The molecule has 0 unspecified atom stereocenters. The molecule has 0 amide bonds. The van der Waals surface area contributed by atoms with Crippen molar-refractivity contribution >= 4 is 17.8 Å². The van der Waals surface area contributed by atoms with Crippen molar-refractivity contribution in [1.29, 1.82) is 0 Å². The number of hydrogen-bond donors (Lipinski definition) is 1. The van der Waals surface area contributed by atoms with Crippen LogP contribution in [0, 0.1) is 10.1 Å². The van der Waals surface area contributed by atoms with E-state index in [-0.39, 0.29) is 11.8 Å². The average molecular weight is 542 g/mol. The molecule has 0 atom stereocenters. The van der Waals surface area contributed by atoms with Crippen LogP contribution in [0.15, 0.2) is 48.5 Å². The molecule has 14 heteroatoms. The largest absolute Gasteiger partial charge is 0.510 e. The van der Waals surface area contributed by atoms with Gasteiger partial charge in [0.1, 0.15) is 12.4 Å². The summed E-state index contributed by atoms with van der Waals surface area (Å²) in [7, 11) is 0. The Bertz CT molecular complexity index is 1380. The average Bonchev–Trinajstić information content (AvgIpc) is 3.55. The van der Waals surface area contributed by atoms with Gasteiger partial charge in [0.2, 0.25) is 12.6 Å². The molecule has 13 nitrogen and oxygen atoms in total. The van der Waals surface area contributed by atoms with Gasteiger partial charge in [-0.15, -0.1) is 20.3 Å². The molecule has 0 radical (unpaired) electrons. The van der Waals surface area contributed by atoms with Gasteiger partial charge in [-0.05, 0) is 28.3 Å². The Kier molecular flexibility index (Phi) is 8.82. The number of nitrogens with zero attached hydrogens (tertiary/aromatic N) is 6. The number of carbonyl (C=O) groups is 1. The molecule has 198 valence electrons. The van der Waals surface area contributed by atoms with Crippen molar-refractivity contribution in [2.45, 2.75) is 39.3 Å². The van der Waals surface area contributed by atoms with E-state index in [1.807, 2.05) is 53.1 Å². The van der Waals surface area contributed by atoms with Gasteiger partial charge in [0.05, 0.1) is 5.69 Å². The fourth-order valence-electron chi connectivity index (χ4n) is 3.82. The monoisotopic (exact) mass is 541 g/mol. The first-order valence-corrected chi connectivity index (χ1v) is 12.1. The number of aromatic amines is 1. The van der Waals surface area contributed by atoms with Gasteiger partial charge in [0.25, 0.3) is 5.09 Å². The number of H-pyrrole nitrogens is 1. The fourth-order valence-corrected chi connectivity index (χ4v) is 4.07. The number of ether oxygens (including phenoxy) is 2. The lowest BCUT2D eigenvalue weighted by molar-refractivity contribution is -0.765. The van der Waals surface area contributed by atoms with E-state index >= 15 is 0 Å². The van der Waals surface area contributed by atoms with Crippen molar-refractivity contribution in [3.63, 3.8) is 0 Å². The first kappa shape index (κ1) is 26.5. The van der Waals surface area contributed by atoms with Crippen LogP contribution in [0.4, 0.5) is 4.79 Å². The zero-order valence-corrected chi connectivity index (χ0v) is 21.1. The smallest absolute Gasteiger partial charge is 0.428 e. The van der Waals surface area contributed by atoms with Crippen molar-refractivity contribution in [2.24, 2.45) is 0 Å². The van der Waals surface area contributed by atoms with Gasteiger partial charge in [0, 0.05) is 18.5 Å². The third kappa shape index (κ3) is 6.62. The zero-order valence-electron chi connectivity index (χ0n) is 20.4. The van der Waals surface area contributed by atoms with Crippen LogP contribution in [0.25, 0.3) is 22.5 Å². The maximum Gasteiger partial charge on any atom is 0.510 e. The summed E-state index contributed by atoms with van der Waals surface area (Å²) in [5, 5.41) is 23.6. The van der Waals surface area contributed by atoms with Crippen LogP contribution in [0.1, 0.15) is 36.8 Å². The van der Waals surface area contributed by atoms with Crippen LogP contribution < -0.4 is 0 Å². The van der Waals surface area contributed by atoms with E-state index in [4.69, 9.17) is 16.3 Å². The Balaban J connectivity index is 1.53. The number of imidazole rings is 1. The molecular formula is C24H24ClN7O6. The van der Waals surface area contributed by atoms with Crippen molar-refractivity contribution in [2.75, 3.05) is 6.79 Å². The predicted octanol–water partition coefficient (Wildman–Crippen LogP) is 4.59. The summed E-state index contributed by atoms with van der Waals surface area (Å²) in [5.74, 6) is 1.26. The minimum atomic E-state index is -1.13. The van der Waals surface area contributed by atoms with Gasteiger partial charge >= 0.3 is 6.16 Å². The third-order valence-corrected chi connectivity index (χ3v) is 5.94. The summed E-state index contributed by atoms with van der Waals surface area (Å²) in [6.07, 6.45) is 1.43. The van der Waals surface area contributed by atoms with E-state index in [0.717, 1.165) is 40.9 Å². The second-order valence-corrected chi connectivity index (χ2v) is 8.44. The van der Waals surface area contributed by atoms with Gasteiger partial charge in [-0.25, -0.2) is 9.78 Å². The van der Waals surface area contributed by atoms with Gasteiger partial charge in [-0.1, -0.05) is 73.5 Å². The number of hydrogen-bond acceptors (Lipinski definition) is 10. The summed E-state index contributed by atoms with van der Waals surface area (Å²) in [6, 6.07) is 15.8. The summed E-state index contributed by atoms with van der Waals surface area (Å²) in [4.78, 5) is 30.4. The molecule has 4 aromatic rings. The highest BCUT2D eigenvalue weighted by Gasteiger charge is 2.19. The first-order valence-electron chi connectivity index (χ1n) is 11.7. The first-order chi connectivity index (χ1) is 18.5. The van der Waals surface area contributed by atoms with Gasteiger partial charge in [-0.3, -0.25) is 4.84 Å². The van der Waals surface area contributed by atoms with E-state index in [1.165, 1.54) is 0 Å². The number of carbonyl (C=O) groups excluding carboxylic acids is 1. The lowest BCUT2D eigenvalue weighted by Gasteiger charge is -2.14. The Labute approximate surface area is 221 Å². The summed E-state index contributed by atoms with van der Waals surface area (Å²) in [6.45, 7) is 1.41. The number of halogens is 1. The van der Waals surface area contributed by atoms with E-state index in [0.29, 0.717) is 24.5 Å². The fraction of sp³-hybridized carbons (Fsp3) is 0.292. The molecule has 2 aromatic carbocycles. The van der Waals surface area contributed by atoms with E-state index in [2.05, 4.69) is 42.1 Å². The normalized spacial score (nSPS) is 10.8. The SMILES string of the molecule is CCCCc1nc(Cl)c(COC(=O)OCO[N+](=O)[O-])n1Cc1ccc(-c2ccccc2-c2nn[nH]n2)cc1. The number of unbranched alkanes of at least 4 members (excludes halogenated alkanes) is 1. The van der Waals surface area contributed by atoms with Crippen molar-refractivity contribution in [3.8, 4) is 22.5 Å². The highest BCUT2D eigenvalue weighted by Crippen LogP contribution is 2.30. The van der Waals surface area contributed by atoms with Crippen molar-refractivity contribution in [1.82, 2.24) is 30.2 Å². The highest BCUT2D eigenvalue weighted by molar-refractivity contribution is 6.30. The van der Waals surface area contributed by atoms with Crippen molar-refractivity contribution in [3.05, 3.63) is 80.9 Å². The quantitative estimate of drug-likeness (QED) is 0.116. The molecule has 38 heavy (non-hydrogen) atoms. The molecule has 0 aliphatic rings. The van der Waals surface area contributed by atoms with E-state index in [1.54, 1.807) is 0 Å².